The number of benzene rings is 1. The fourth-order valence-corrected chi connectivity index (χ4v) is 3.21. The molecule has 2 aromatic rings. The van der Waals surface area contributed by atoms with Crippen molar-refractivity contribution in [2.45, 2.75) is 65.3 Å². The first kappa shape index (κ1) is 24.4. The molecule has 142 valence electrons. The van der Waals surface area contributed by atoms with Crippen LogP contribution in [0.3, 0.4) is 0 Å². The molecule has 0 saturated carbocycles. The summed E-state index contributed by atoms with van der Waals surface area (Å²) in [6.07, 6.45) is 7.94. The zero-order valence-corrected chi connectivity index (χ0v) is 19.9. The number of para-hydroxylation sites is 1. The number of pyridine rings is 1. The van der Waals surface area contributed by atoms with Crippen LogP contribution in [0.5, 0.6) is 0 Å². The molecule has 0 aliphatic heterocycles. The second-order valence-electron chi connectivity index (χ2n) is 6.52. The smallest absolute Gasteiger partial charge is 0.476 e. The van der Waals surface area contributed by atoms with Gasteiger partial charge in [-0.2, -0.15) is 0 Å². The second kappa shape index (κ2) is 12.7. The first-order valence-corrected chi connectivity index (χ1v) is 9.61. The van der Waals surface area contributed by atoms with E-state index in [0.717, 1.165) is 19.3 Å². The van der Waals surface area contributed by atoms with Gasteiger partial charge in [0.05, 0.1) is 6.61 Å². The molecule has 1 aromatic carbocycles. The number of aryl methyl sites for hydroxylation is 1. The minimum Gasteiger partial charge on any atom is -0.476 e. The Kier molecular flexibility index (Phi) is 11.5. The molecule has 0 spiro atoms. The molecule has 0 unspecified atom stereocenters. The van der Waals surface area contributed by atoms with E-state index in [-0.39, 0.29) is 63.6 Å². The van der Waals surface area contributed by atoms with E-state index >= 15 is 0 Å². The van der Waals surface area contributed by atoms with Gasteiger partial charge in [-0.1, -0.05) is 63.6 Å². The van der Waals surface area contributed by atoms with Crippen molar-refractivity contribution in [3.8, 4) is 0 Å². The van der Waals surface area contributed by atoms with Crippen LogP contribution in [-0.2, 0) is 11.3 Å². The van der Waals surface area contributed by atoms with E-state index in [4.69, 9.17) is 4.74 Å². The van der Waals surface area contributed by atoms with E-state index in [1.165, 1.54) is 25.7 Å². The normalized spacial score (nSPS) is 10.6. The first-order chi connectivity index (χ1) is 12.6. The molecule has 0 radical (unpaired) electrons. The van der Waals surface area contributed by atoms with Crippen molar-refractivity contribution in [1.29, 1.82) is 0 Å². The van der Waals surface area contributed by atoms with Gasteiger partial charge in [0.25, 0.3) is 5.97 Å². The van der Waals surface area contributed by atoms with Crippen molar-refractivity contribution >= 4 is 16.9 Å². The molecule has 6 heteroatoms. The Morgan fingerprint density at radius 1 is 1.00 bits per heavy atom. The maximum atomic E-state index is 12.8. The molecular weight excluding hydrogens is 369 g/mol. The summed E-state index contributed by atoms with van der Waals surface area (Å²) in [5.41, 5.74) is -0.881. The van der Waals surface area contributed by atoms with E-state index < -0.39 is 17.0 Å². The van der Waals surface area contributed by atoms with Crippen LogP contribution in [-0.4, -0.2) is 17.1 Å². The predicted octanol–water partition coefficient (Wildman–Crippen LogP) is 1.01. The van der Waals surface area contributed by atoms with Gasteiger partial charge < -0.3 is 14.1 Å². The van der Waals surface area contributed by atoms with Crippen molar-refractivity contribution in [2.24, 2.45) is 0 Å². The van der Waals surface area contributed by atoms with Crippen molar-refractivity contribution in [2.75, 3.05) is 6.61 Å². The fraction of sp³-hybridized carbons (Fsp3) is 0.524. The number of unbranched alkanes of at least 4 members (excludes halogenated alkanes) is 6. The van der Waals surface area contributed by atoms with Gasteiger partial charge in [0.1, 0.15) is 0 Å². The van der Waals surface area contributed by atoms with E-state index in [2.05, 4.69) is 6.92 Å². The summed E-state index contributed by atoms with van der Waals surface area (Å²) in [6.45, 7) is 4.47. The fourth-order valence-electron chi connectivity index (χ4n) is 3.21. The summed E-state index contributed by atoms with van der Waals surface area (Å²) >= 11 is 0. The third-order valence-corrected chi connectivity index (χ3v) is 4.59. The van der Waals surface area contributed by atoms with Gasteiger partial charge in [0, 0.05) is 17.5 Å². The average Bonchev–Trinajstić information content (AvgIpc) is 2.63. The standard InChI is InChI=1S/C21H28NO4.K/c1-3-5-6-7-8-9-12-15-22-17-14-11-10-13-16(17)19(23)18(20(22)24)21(25)26-4-2;/h10-11,13-14H,3-9,12,15H2,1-2H3;/q-1;+1. The number of esters is 1. The van der Waals surface area contributed by atoms with Gasteiger partial charge >= 0.3 is 51.4 Å². The molecule has 0 fully saturated rings. The Morgan fingerprint density at radius 3 is 2.30 bits per heavy atom. The van der Waals surface area contributed by atoms with Crippen LogP contribution in [0, 0.1) is 0 Å². The topological polar surface area (TPSA) is 65.4 Å². The summed E-state index contributed by atoms with van der Waals surface area (Å²) in [5.74, 6) is -0.832. The quantitative estimate of drug-likeness (QED) is 0.260. The van der Waals surface area contributed by atoms with E-state index in [1.54, 1.807) is 35.8 Å². The Bertz CT molecular complexity index is 853. The van der Waals surface area contributed by atoms with Crippen LogP contribution in [0.1, 0.15) is 69.2 Å². The number of aromatic nitrogens is 1. The number of fused-ring (bicyclic) bond motifs is 1. The molecule has 5 nitrogen and oxygen atoms in total. The molecule has 0 aliphatic carbocycles. The minimum absolute atomic E-state index is 0. The molecule has 1 aromatic heterocycles. The number of rotatable bonds is 10. The Morgan fingerprint density at radius 2 is 1.63 bits per heavy atom. The molecule has 0 saturated heterocycles. The molecule has 0 amide bonds. The van der Waals surface area contributed by atoms with Crippen LogP contribution < -0.4 is 62.4 Å². The van der Waals surface area contributed by atoms with Gasteiger partial charge in [0.15, 0.2) is 5.56 Å². The summed E-state index contributed by atoms with van der Waals surface area (Å²) in [4.78, 5) is 37.5. The van der Waals surface area contributed by atoms with E-state index in [0.29, 0.717) is 17.4 Å². The molecular formula is C21H28KNO4. The third kappa shape index (κ3) is 6.43. The largest absolute Gasteiger partial charge is 1.00 e. The first-order valence-electron chi connectivity index (χ1n) is 9.61. The number of carbonyl (C=O) groups is 1. The third-order valence-electron chi connectivity index (χ3n) is 4.59. The molecule has 0 aliphatic rings. The number of hydrogen-bond acceptors (Lipinski definition) is 4. The van der Waals surface area contributed by atoms with Crippen LogP contribution in [0.2, 0.25) is 0 Å². The van der Waals surface area contributed by atoms with Crippen molar-refractivity contribution in [1.82, 2.24) is 4.57 Å². The maximum Gasteiger partial charge on any atom is 1.00 e. The molecule has 2 rings (SSSR count). The summed E-state index contributed by atoms with van der Waals surface area (Å²) in [5, 5.41) is 0.387. The number of carbonyl (C=O) groups excluding carboxylic acids is 1. The Hall–Kier alpha value is -0.664. The maximum absolute atomic E-state index is 12.8. The monoisotopic (exact) mass is 397 g/mol. The Balaban J connectivity index is 0.00000364. The molecule has 1 heterocycles. The molecule has 0 bridgehead atoms. The number of ether oxygens (including phenoxy) is 1. The molecule has 0 N–H and O–H groups in total. The van der Waals surface area contributed by atoms with Crippen molar-refractivity contribution in [3.63, 3.8) is 0 Å². The molecule has 0 atom stereocenters. The van der Waals surface area contributed by atoms with Crippen molar-refractivity contribution in [3.05, 3.63) is 50.4 Å². The van der Waals surface area contributed by atoms with Gasteiger partial charge in [-0.25, -0.2) is 0 Å². The van der Waals surface area contributed by atoms with Gasteiger partial charge in [0.2, 0.25) is 0 Å². The number of nitrogens with zero attached hydrogens (tertiary/aromatic N) is 1. The van der Waals surface area contributed by atoms with E-state index in [1.807, 2.05) is 0 Å². The zero-order valence-electron chi connectivity index (χ0n) is 16.8. The van der Waals surface area contributed by atoms with E-state index in [9.17, 15) is 14.4 Å². The Labute approximate surface area is 202 Å². The summed E-state index contributed by atoms with van der Waals surface area (Å²) < 4.78 is 6.47. The average molecular weight is 398 g/mol. The van der Waals surface area contributed by atoms with Crippen molar-refractivity contribution < 1.29 is 60.9 Å². The second-order valence-corrected chi connectivity index (χ2v) is 6.52. The van der Waals surface area contributed by atoms with Gasteiger partial charge in [-0.15, -0.1) is 11.5 Å². The number of hydrogen-bond donors (Lipinski definition) is 0. The molecule has 27 heavy (non-hydrogen) atoms. The zero-order chi connectivity index (χ0) is 18.9. The van der Waals surface area contributed by atoms with Crippen LogP contribution >= 0.6 is 0 Å². The van der Waals surface area contributed by atoms with Gasteiger partial charge in [-0.05, 0) is 18.9 Å². The van der Waals surface area contributed by atoms with Gasteiger partial charge in [-0.3, -0.25) is 9.59 Å². The van der Waals surface area contributed by atoms with Crippen LogP contribution in [0.25, 0.3) is 10.9 Å². The minimum atomic E-state index is -0.832. The summed E-state index contributed by atoms with van der Waals surface area (Å²) in [6, 6.07) is 6.95. The summed E-state index contributed by atoms with van der Waals surface area (Å²) in [7, 11) is 0. The van der Waals surface area contributed by atoms with Crippen LogP contribution in [0.4, 0.5) is 0 Å². The van der Waals surface area contributed by atoms with Crippen LogP contribution in [0.15, 0.2) is 33.9 Å². The SMILES string of the molecule is CCCCCCCCCn1c(=O)[c-](C(=O)OCC)c(=O)c2ccccc21.[K+]. The predicted molar refractivity (Wildman–Crippen MR) is 104 cm³/mol.